The van der Waals surface area contributed by atoms with Crippen LogP contribution in [0.3, 0.4) is 0 Å². The summed E-state index contributed by atoms with van der Waals surface area (Å²) in [6, 6.07) is 1.38. The van der Waals surface area contributed by atoms with Crippen LogP contribution in [0.25, 0.3) is 0 Å². The van der Waals surface area contributed by atoms with E-state index in [0.717, 1.165) is 6.07 Å². The van der Waals surface area contributed by atoms with Crippen LogP contribution in [0.2, 0.25) is 5.02 Å². The molecule has 1 heterocycles. The first-order valence-corrected chi connectivity index (χ1v) is 4.65. The van der Waals surface area contributed by atoms with Crippen molar-refractivity contribution in [2.24, 2.45) is 5.73 Å². The van der Waals surface area contributed by atoms with Gasteiger partial charge in [0, 0.05) is 0 Å². The number of nitrogens with zero attached hydrogens (tertiary/aromatic N) is 1. The first-order chi connectivity index (χ1) is 7.00. The number of anilines is 1. The van der Waals surface area contributed by atoms with Crippen molar-refractivity contribution in [3.8, 4) is 0 Å². The maximum Gasteiger partial charge on any atom is 0.267 e. The maximum atomic E-state index is 13.0. The average Bonchev–Trinajstić information content (AvgIpc) is 2.13. The third kappa shape index (κ3) is 1.58. The molecule has 0 saturated carbocycles. The van der Waals surface area contributed by atoms with Crippen LogP contribution in [0.4, 0.5) is 10.1 Å². The summed E-state index contributed by atoms with van der Waals surface area (Å²) in [5.74, 6) is -1.16. The molecular weight excluding hydrogens is 223 g/mol. The second-order valence-corrected chi connectivity index (χ2v) is 3.76. The van der Waals surface area contributed by atoms with Gasteiger partial charge in [-0.3, -0.25) is 10.0 Å². The lowest BCUT2D eigenvalue weighted by atomic mass is 9.99. The van der Waals surface area contributed by atoms with Crippen molar-refractivity contribution in [2.45, 2.75) is 12.5 Å². The van der Waals surface area contributed by atoms with E-state index in [0.29, 0.717) is 10.6 Å². The average molecular weight is 231 g/mol. The molecule has 0 radical (unpaired) electrons. The Labute approximate surface area is 90.0 Å². The van der Waals surface area contributed by atoms with Crippen molar-refractivity contribution < 1.29 is 14.4 Å². The molecule has 4 nitrogen and oxygen atoms in total. The Kier molecular flexibility index (Phi) is 2.38. The van der Waals surface area contributed by atoms with Crippen LogP contribution in [-0.4, -0.2) is 17.2 Å². The van der Waals surface area contributed by atoms with E-state index in [1.54, 1.807) is 0 Å². The van der Waals surface area contributed by atoms with Gasteiger partial charge in [-0.25, -0.2) is 4.39 Å². The van der Waals surface area contributed by atoms with Gasteiger partial charge in [0.05, 0.1) is 16.8 Å². The monoisotopic (exact) mass is 230 g/mol. The minimum atomic E-state index is -0.861. The van der Waals surface area contributed by atoms with Gasteiger partial charge in [-0.2, -0.15) is 5.06 Å². The largest absolute Gasteiger partial charge is 0.320 e. The second-order valence-electron chi connectivity index (χ2n) is 3.36. The zero-order valence-electron chi connectivity index (χ0n) is 7.58. The third-order valence-electron chi connectivity index (χ3n) is 2.28. The number of hydrogen-bond donors (Lipinski definition) is 2. The van der Waals surface area contributed by atoms with Crippen LogP contribution < -0.4 is 10.8 Å². The Morgan fingerprint density at radius 1 is 1.60 bits per heavy atom. The third-order valence-corrected chi connectivity index (χ3v) is 2.57. The Hall–Kier alpha value is -1.17. The zero-order valence-corrected chi connectivity index (χ0v) is 8.33. The lowest BCUT2D eigenvalue weighted by Crippen LogP contribution is -2.47. The molecule has 1 aromatic rings. The Bertz CT molecular complexity index is 438. The number of benzene rings is 1. The number of nitrogens with two attached hydrogens (primary N) is 1. The number of hydroxylamine groups is 1. The van der Waals surface area contributed by atoms with Gasteiger partial charge in [0.25, 0.3) is 5.91 Å². The predicted octanol–water partition coefficient (Wildman–Crippen LogP) is 1.08. The summed E-state index contributed by atoms with van der Waals surface area (Å²) in [5, 5.41) is 9.84. The first-order valence-electron chi connectivity index (χ1n) is 4.27. The molecule has 1 atom stereocenters. The highest BCUT2D eigenvalue weighted by Gasteiger charge is 2.31. The van der Waals surface area contributed by atoms with E-state index in [2.05, 4.69) is 0 Å². The summed E-state index contributed by atoms with van der Waals surface area (Å²) in [4.78, 5) is 11.3. The smallest absolute Gasteiger partial charge is 0.267 e. The van der Waals surface area contributed by atoms with E-state index in [4.69, 9.17) is 17.3 Å². The molecule has 1 aliphatic rings. The molecule has 0 unspecified atom stereocenters. The van der Waals surface area contributed by atoms with Gasteiger partial charge in [-0.05, 0) is 24.1 Å². The molecule has 15 heavy (non-hydrogen) atoms. The van der Waals surface area contributed by atoms with Crippen molar-refractivity contribution >= 4 is 23.2 Å². The Morgan fingerprint density at radius 2 is 2.27 bits per heavy atom. The molecule has 1 aliphatic heterocycles. The van der Waals surface area contributed by atoms with Crippen LogP contribution in [0.15, 0.2) is 12.1 Å². The molecule has 0 bridgehead atoms. The fraction of sp³-hybridized carbons (Fsp3) is 0.222. The first kappa shape index (κ1) is 10.4. The fourth-order valence-corrected chi connectivity index (χ4v) is 1.91. The van der Waals surface area contributed by atoms with E-state index >= 15 is 0 Å². The zero-order chi connectivity index (χ0) is 11.2. The van der Waals surface area contributed by atoms with Gasteiger partial charge in [0.15, 0.2) is 0 Å². The molecule has 6 heteroatoms. The minimum absolute atomic E-state index is 0.00671. The summed E-state index contributed by atoms with van der Waals surface area (Å²) < 4.78 is 13.0. The van der Waals surface area contributed by atoms with Crippen molar-refractivity contribution in [1.82, 2.24) is 0 Å². The lowest BCUT2D eigenvalue weighted by Gasteiger charge is -2.28. The second kappa shape index (κ2) is 3.44. The van der Waals surface area contributed by atoms with E-state index in [1.165, 1.54) is 6.07 Å². The van der Waals surface area contributed by atoms with Gasteiger partial charge < -0.3 is 5.73 Å². The van der Waals surface area contributed by atoms with E-state index < -0.39 is 17.8 Å². The van der Waals surface area contributed by atoms with Crippen molar-refractivity contribution in [1.29, 1.82) is 0 Å². The molecule has 1 aromatic carbocycles. The molecule has 0 aliphatic carbocycles. The van der Waals surface area contributed by atoms with Crippen LogP contribution in [-0.2, 0) is 11.2 Å². The highest BCUT2D eigenvalue weighted by atomic mass is 35.5. The quantitative estimate of drug-likeness (QED) is 0.656. The molecule has 80 valence electrons. The van der Waals surface area contributed by atoms with Gasteiger partial charge in [-0.15, -0.1) is 0 Å². The Morgan fingerprint density at radius 3 is 2.93 bits per heavy atom. The van der Waals surface area contributed by atoms with Crippen molar-refractivity contribution in [3.63, 3.8) is 0 Å². The molecule has 0 fully saturated rings. The van der Waals surface area contributed by atoms with Crippen LogP contribution in [0, 0.1) is 5.82 Å². The van der Waals surface area contributed by atoms with Crippen molar-refractivity contribution in [3.05, 3.63) is 28.5 Å². The summed E-state index contributed by atoms with van der Waals surface area (Å²) >= 11 is 5.72. The lowest BCUT2D eigenvalue weighted by molar-refractivity contribution is -0.125. The van der Waals surface area contributed by atoms with Gasteiger partial charge >= 0.3 is 0 Å². The number of hydrogen-bond acceptors (Lipinski definition) is 3. The summed E-state index contributed by atoms with van der Waals surface area (Å²) in [5.41, 5.74) is 6.01. The van der Waals surface area contributed by atoms with Crippen LogP contribution in [0.1, 0.15) is 5.56 Å². The van der Waals surface area contributed by atoms with Gasteiger partial charge in [0.1, 0.15) is 5.82 Å². The highest BCUT2D eigenvalue weighted by molar-refractivity contribution is 6.34. The SMILES string of the molecule is N[C@H]1Cc2cc(F)cc(Cl)c2N(O)C1=O. The molecule has 3 N–H and O–H groups in total. The molecule has 2 rings (SSSR count). The number of fused-ring (bicyclic) bond motifs is 1. The fourth-order valence-electron chi connectivity index (χ4n) is 1.60. The number of carbonyl (C=O) groups excluding carboxylic acids is 1. The standard InChI is InChI=1S/C9H8ClFN2O2/c10-6-3-5(11)1-4-2-7(12)9(14)13(15)8(4)6/h1,3,7,15H,2,12H2/t7-/m0/s1. The maximum absolute atomic E-state index is 13.0. The number of halogens is 2. The van der Waals surface area contributed by atoms with Crippen LogP contribution in [0.5, 0.6) is 0 Å². The van der Waals surface area contributed by atoms with Crippen molar-refractivity contribution in [2.75, 3.05) is 5.06 Å². The van der Waals surface area contributed by atoms with E-state index in [1.807, 2.05) is 0 Å². The summed E-state index contributed by atoms with van der Waals surface area (Å²) in [6.07, 6.45) is 0.169. The minimum Gasteiger partial charge on any atom is -0.320 e. The van der Waals surface area contributed by atoms with Gasteiger partial charge in [0.2, 0.25) is 0 Å². The normalized spacial score (nSPS) is 20.4. The number of carbonyl (C=O) groups is 1. The summed E-state index contributed by atoms with van der Waals surface area (Å²) in [7, 11) is 0. The van der Waals surface area contributed by atoms with Crippen LogP contribution >= 0.6 is 11.6 Å². The molecular formula is C9H8ClFN2O2. The molecule has 0 spiro atoms. The number of rotatable bonds is 0. The topological polar surface area (TPSA) is 66.6 Å². The Balaban J connectivity index is 2.60. The predicted molar refractivity (Wildman–Crippen MR) is 52.4 cm³/mol. The molecule has 0 saturated heterocycles. The van der Waals surface area contributed by atoms with E-state index in [-0.39, 0.29) is 17.1 Å². The molecule has 1 amide bonds. The molecule has 0 aromatic heterocycles. The van der Waals surface area contributed by atoms with Gasteiger partial charge in [-0.1, -0.05) is 11.6 Å². The highest BCUT2D eigenvalue weighted by Crippen LogP contribution is 2.34. The summed E-state index contributed by atoms with van der Waals surface area (Å²) in [6.45, 7) is 0. The number of amides is 1. The van der Waals surface area contributed by atoms with E-state index in [9.17, 15) is 14.4 Å².